The molecule has 0 amide bonds. The van der Waals surface area contributed by atoms with Crippen molar-refractivity contribution < 1.29 is 27.9 Å². The van der Waals surface area contributed by atoms with Crippen LogP contribution in [0.5, 0.6) is 0 Å². The largest absolute Gasteiger partial charge is 0.466 e. The van der Waals surface area contributed by atoms with Gasteiger partial charge in [-0.3, -0.25) is 0 Å². The first-order chi connectivity index (χ1) is 10.0. The minimum Gasteiger partial charge on any atom is -0.466 e. The maximum atomic E-state index is 11.1. The SMILES string of the molecule is COC(=O)C(C)=CCCO[SiH2]OCCC=C(C)C(=O)OC. The Hall–Kier alpha value is -1.44. The Morgan fingerprint density at radius 2 is 1.24 bits per heavy atom. The number of esters is 2. The Kier molecular flexibility index (Phi) is 11.5. The summed E-state index contributed by atoms with van der Waals surface area (Å²) in [6, 6.07) is 0. The predicted molar refractivity (Wildman–Crippen MR) is 81.2 cm³/mol. The summed E-state index contributed by atoms with van der Waals surface area (Å²) in [5.74, 6) is -0.646. The lowest BCUT2D eigenvalue weighted by molar-refractivity contribution is -0.136. The van der Waals surface area contributed by atoms with Crippen molar-refractivity contribution >= 4 is 21.9 Å². The van der Waals surface area contributed by atoms with Crippen molar-refractivity contribution in [1.82, 2.24) is 0 Å². The van der Waals surface area contributed by atoms with Crippen LogP contribution in [-0.4, -0.2) is 49.4 Å². The van der Waals surface area contributed by atoms with Gasteiger partial charge >= 0.3 is 21.9 Å². The van der Waals surface area contributed by atoms with Crippen LogP contribution in [0.4, 0.5) is 0 Å². The molecule has 0 saturated heterocycles. The molecule has 0 heterocycles. The Labute approximate surface area is 128 Å². The zero-order valence-electron chi connectivity index (χ0n) is 13.1. The molecular formula is C14H24O6Si. The van der Waals surface area contributed by atoms with Gasteiger partial charge in [0.1, 0.15) is 0 Å². The van der Waals surface area contributed by atoms with Gasteiger partial charge in [0.2, 0.25) is 0 Å². The summed E-state index contributed by atoms with van der Waals surface area (Å²) in [5, 5.41) is 0. The van der Waals surface area contributed by atoms with E-state index in [-0.39, 0.29) is 11.9 Å². The van der Waals surface area contributed by atoms with Crippen LogP contribution < -0.4 is 0 Å². The van der Waals surface area contributed by atoms with Crippen molar-refractivity contribution in [2.24, 2.45) is 0 Å². The fraction of sp³-hybridized carbons (Fsp3) is 0.571. The van der Waals surface area contributed by atoms with Crippen molar-refractivity contribution in [3.63, 3.8) is 0 Å². The quantitative estimate of drug-likeness (QED) is 0.259. The molecule has 0 aliphatic heterocycles. The van der Waals surface area contributed by atoms with E-state index in [4.69, 9.17) is 8.85 Å². The van der Waals surface area contributed by atoms with Crippen LogP contribution in [0.3, 0.4) is 0 Å². The van der Waals surface area contributed by atoms with Crippen molar-refractivity contribution in [3.05, 3.63) is 23.3 Å². The highest BCUT2D eigenvalue weighted by Crippen LogP contribution is 1.99. The maximum absolute atomic E-state index is 11.1. The fourth-order valence-corrected chi connectivity index (χ4v) is 2.07. The van der Waals surface area contributed by atoms with Gasteiger partial charge in [0.25, 0.3) is 0 Å². The molecule has 0 spiro atoms. The highest BCUT2D eigenvalue weighted by molar-refractivity contribution is 6.17. The third-order valence-corrected chi connectivity index (χ3v) is 3.52. The van der Waals surface area contributed by atoms with Crippen LogP contribution in [-0.2, 0) is 27.9 Å². The summed E-state index contributed by atoms with van der Waals surface area (Å²) >= 11 is 0. The van der Waals surface area contributed by atoms with Crippen LogP contribution in [0.2, 0.25) is 0 Å². The first kappa shape index (κ1) is 19.6. The minimum atomic E-state index is -1.02. The zero-order valence-corrected chi connectivity index (χ0v) is 14.6. The Balaban J connectivity index is 3.58. The molecule has 0 rings (SSSR count). The topological polar surface area (TPSA) is 71.1 Å². The van der Waals surface area contributed by atoms with Gasteiger partial charge in [-0.1, -0.05) is 12.2 Å². The molecule has 21 heavy (non-hydrogen) atoms. The van der Waals surface area contributed by atoms with Crippen molar-refractivity contribution in [1.29, 1.82) is 0 Å². The minimum absolute atomic E-state index is 0.323. The third-order valence-electron chi connectivity index (χ3n) is 2.61. The van der Waals surface area contributed by atoms with E-state index in [1.807, 2.05) is 0 Å². The van der Waals surface area contributed by atoms with Crippen molar-refractivity contribution in [2.75, 3.05) is 27.4 Å². The molecule has 0 fully saturated rings. The first-order valence-corrected chi connectivity index (χ1v) is 7.84. The summed E-state index contributed by atoms with van der Waals surface area (Å²) in [5.41, 5.74) is 1.15. The Morgan fingerprint density at radius 3 is 1.57 bits per heavy atom. The average Bonchev–Trinajstić information content (AvgIpc) is 2.50. The van der Waals surface area contributed by atoms with E-state index in [9.17, 15) is 9.59 Å². The Bertz CT molecular complexity index is 353. The summed E-state index contributed by atoms with van der Waals surface area (Å²) in [6.45, 7) is 4.46. The number of hydrogen-bond donors (Lipinski definition) is 0. The number of ether oxygens (including phenoxy) is 2. The van der Waals surface area contributed by atoms with E-state index in [2.05, 4.69) is 9.47 Å². The highest BCUT2D eigenvalue weighted by atomic mass is 28.3. The number of methoxy groups -OCH3 is 2. The van der Waals surface area contributed by atoms with Crippen LogP contribution >= 0.6 is 0 Å². The lowest BCUT2D eigenvalue weighted by Gasteiger charge is -2.04. The highest BCUT2D eigenvalue weighted by Gasteiger charge is 2.02. The fourth-order valence-electron chi connectivity index (χ4n) is 1.38. The molecule has 0 aliphatic carbocycles. The standard InChI is InChI=1S/C14H24O6Si/c1-11(13(15)17-3)7-5-9-19-21-20-10-6-8-12(2)14(16)18-4/h7-8H,5-6,9-10,21H2,1-4H3. The molecular weight excluding hydrogens is 292 g/mol. The van der Waals surface area contributed by atoms with E-state index in [0.29, 0.717) is 37.2 Å². The van der Waals surface area contributed by atoms with Crippen LogP contribution in [0.15, 0.2) is 23.3 Å². The molecule has 0 aromatic heterocycles. The van der Waals surface area contributed by atoms with Crippen LogP contribution in [0, 0.1) is 0 Å². The number of hydrogen-bond acceptors (Lipinski definition) is 6. The molecule has 120 valence electrons. The van der Waals surface area contributed by atoms with Gasteiger partial charge < -0.3 is 18.3 Å². The molecule has 7 heteroatoms. The number of carbonyl (C=O) groups is 2. The molecule has 0 unspecified atom stereocenters. The summed E-state index contributed by atoms with van der Waals surface area (Å²) < 4.78 is 19.9. The van der Waals surface area contributed by atoms with Crippen molar-refractivity contribution in [3.8, 4) is 0 Å². The van der Waals surface area contributed by atoms with Gasteiger partial charge in [-0.2, -0.15) is 0 Å². The third kappa shape index (κ3) is 10.00. The monoisotopic (exact) mass is 316 g/mol. The lowest BCUT2D eigenvalue weighted by atomic mass is 10.2. The van der Waals surface area contributed by atoms with E-state index >= 15 is 0 Å². The molecule has 0 saturated carbocycles. The van der Waals surface area contributed by atoms with Gasteiger partial charge in [-0.25, -0.2) is 9.59 Å². The van der Waals surface area contributed by atoms with Gasteiger partial charge in [0.15, 0.2) is 0 Å². The van der Waals surface area contributed by atoms with Gasteiger partial charge in [-0.15, -0.1) is 0 Å². The van der Waals surface area contributed by atoms with Gasteiger partial charge in [0.05, 0.1) is 14.2 Å². The summed E-state index contributed by atoms with van der Waals surface area (Å²) in [6.07, 6.45) is 4.86. The zero-order chi connectivity index (χ0) is 16.1. The van der Waals surface area contributed by atoms with E-state index < -0.39 is 10.0 Å². The second-order valence-electron chi connectivity index (χ2n) is 4.27. The second-order valence-corrected chi connectivity index (χ2v) is 5.32. The normalized spacial score (nSPS) is 12.8. The summed E-state index contributed by atoms with van der Waals surface area (Å²) in [4.78, 5) is 22.2. The van der Waals surface area contributed by atoms with Crippen LogP contribution in [0.25, 0.3) is 0 Å². The molecule has 0 aromatic rings. The van der Waals surface area contributed by atoms with Gasteiger partial charge in [-0.05, 0) is 26.7 Å². The maximum Gasteiger partial charge on any atom is 0.333 e. The molecule has 0 radical (unpaired) electrons. The first-order valence-electron chi connectivity index (χ1n) is 6.68. The van der Waals surface area contributed by atoms with E-state index in [1.54, 1.807) is 26.0 Å². The van der Waals surface area contributed by atoms with Crippen LogP contribution in [0.1, 0.15) is 26.7 Å². The van der Waals surface area contributed by atoms with E-state index in [1.165, 1.54) is 14.2 Å². The molecule has 0 aromatic carbocycles. The predicted octanol–water partition coefficient (Wildman–Crippen LogP) is 1.04. The molecule has 6 nitrogen and oxygen atoms in total. The second kappa shape index (κ2) is 12.3. The molecule has 0 bridgehead atoms. The molecule has 0 aliphatic rings. The van der Waals surface area contributed by atoms with Crippen molar-refractivity contribution in [2.45, 2.75) is 26.7 Å². The number of rotatable bonds is 10. The smallest absolute Gasteiger partial charge is 0.333 e. The van der Waals surface area contributed by atoms with Gasteiger partial charge in [0, 0.05) is 24.4 Å². The number of carbonyl (C=O) groups excluding carboxylic acids is 2. The summed E-state index contributed by atoms with van der Waals surface area (Å²) in [7, 11) is 1.69. The molecule has 0 N–H and O–H groups in total. The van der Waals surface area contributed by atoms with E-state index in [0.717, 1.165) is 0 Å². The average molecular weight is 316 g/mol. The Morgan fingerprint density at radius 1 is 0.857 bits per heavy atom. The lowest BCUT2D eigenvalue weighted by Crippen LogP contribution is -2.07. The molecule has 0 atom stereocenters.